The average Bonchev–Trinajstić information content (AvgIpc) is 3.73. The number of ether oxygens (including phenoxy) is 2. The number of nitrogens with one attached hydrogen (secondary N) is 1. The van der Waals surface area contributed by atoms with Crippen molar-refractivity contribution in [2.24, 2.45) is 0 Å². The van der Waals surface area contributed by atoms with Crippen molar-refractivity contribution in [1.82, 2.24) is 18.8 Å². The van der Waals surface area contributed by atoms with Crippen molar-refractivity contribution in [2.75, 3.05) is 59.0 Å². The molecule has 13 nitrogen and oxygen atoms in total. The third-order valence-electron chi connectivity index (χ3n) is 11.0. The number of hydrogen-bond donors (Lipinski definition) is 1. The molecular weight excluding hydrogens is 688 g/mol. The van der Waals surface area contributed by atoms with Gasteiger partial charge in [-0.05, 0) is 69.8 Å². The Morgan fingerprint density at radius 1 is 0.980 bits per heavy atom. The lowest BCUT2D eigenvalue weighted by molar-refractivity contribution is 0.0727. The highest BCUT2D eigenvalue weighted by Gasteiger charge is 2.47. The molecule has 51 heavy (non-hydrogen) atoms. The van der Waals surface area contributed by atoms with Crippen molar-refractivity contribution in [3.8, 4) is 5.75 Å². The highest BCUT2D eigenvalue weighted by molar-refractivity contribution is 7.87. The summed E-state index contributed by atoms with van der Waals surface area (Å²) in [6.45, 7) is 4.09. The summed E-state index contributed by atoms with van der Waals surface area (Å²) in [5.74, 6) is -3.71. The standard InChI is InChI=1S/C35H41F2N5O8S/c1-19-29(40-12-11-39(2)22(16-40)18-48-3)15-28(37)31-23-9-10-41(17-26(23)35(45)50-32(19)31)34(44)24-14-30(49-4)25(13-27(24)36)33(43)38-51(46,47)42-20-5-6-21(42)8-7-20/h13-15,20-22H,5-12,16-18H2,1-4H3,(H,38,43)/t20?,21?,22-/m1/s1. The van der Waals surface area contributed by atoms with E-state index in [1.54, 1.807) is 14.0 Å². The second-order valence-electron chi connectivity index (χ2n) is 13.8. The Kier molecular flexibility index (Phi) is 9.31. The van der Waals surface area contributed by atoms with E-state index in [-0.39, 0.29) is 59.9 Å². The number of methoxy groups -OCH3 is 2. The number of carbonyl (C=O) groups is 2. The first-order valence-corrected chi connectivity index (χ1v) is 18.5. The first kappa shape index (κ1) is 35.3. The van der Waals surface area contributed by atoms with Crippen molar-refractivity contribution < 1.29 is 40.7 Å². The molecule has 3 saturated heterocycles. The molecule has 5 heterocycles. The average molecular weight is 730 g/mol. The number of hydrogen-bond acceptors (Lipinski definition) is 10. The lowest BCUT2D eigenvalue weighted by atomic mass is 9.94. The number of rotatable bonds is 8. The van der Waals surface area contributed by atoms with Gasteiger partial charge in [-0.3, -0.25) is 14.5 Å². The molecule has 1 aromatic heterocycles. The maximum absolute atomic E-state index is 16.0. The van der Waals surface area contributed by atoms with Gasteiger partial charge < -0.3 is 23.7 Å². The highest BCUT2D eigenvalue weighted by Crippen LogP contribution is 2.40. The van der Waals surface area contributed by atoms with Crippen molar-refractivity contribution in [3.05, 3.63) is 68.1 Å². The van der Waals surface area contributed by atoms with Crippen LogP contribution in [-0.2, 0) is 27.9 Å². The number of piperazine rings is 1. The van der Waals surface area contributed by atoms with E-state index < -0.39 is 50.4 Å². The van der Waals surface area contributed by atoms with Crippen molar-refractivity contribution in [3.63, 3.8) is 0 Å². The first-order chi connectivity index (χ1) is 24.3. The monoisotopic (exact) mass is 729 g/mol. The Morgan fingerprint density at radius 2 is 1.69 bits per heavy atom. The van der Waals surface area contributed by atoms with Gasteiger partial charge in [-0.15, -0.1) is 0 Å². The summed E-state index contributed by atoms with van der Waals surface area (Å²) in [7, 11) is 0.679. The van der Waals surface area contributed by atoms with Gasteiger partial charge in [0.2, 0.25) is 0 Å². The number of amides is 2. The van der Waals surface area contributed by atoms with E-state index >= 15 is 8.78 Å². The maximum Gasteiger partial charge on any atom is 0.341 e. The number of likely N-dealkylation sites (N-methyl/N-ethyl adjacent to an activating group) is 1. The number of halogens is 2. The predicted octanol–water partition coefficient (Wildman–Crippen LogP) is 2.95. The molecule has 3 aromatic rings. The van der Waals surface area contributed by atoms with Crippen molar-refractivity contribution >= 4 is 38.7 Å². The van der Waals surface area contributed by atoms with E-state index in [0.717, 1.165) is 44.4 Å². The van der Waals surface area contributed by atoms with Crippen LogP contribution in [0.1, 0.15) is 63.1 Å². The quantitative estimate of drug-likeness (QED) is 0.344. The Balaban J connectivity index is 1.13. The topological polar surface area (TPSA) is 142 Å². The first-order valence-electron chi connectivity index (χ1n) is 17.1. The van der Waals surface area contributed by atoms with Gasteiger partial charge in [0.15, 0.2) is 0 Å². The number of aryl methyl sites for hydroxylation is 1. The van der Waals surface area contributed by atoms with Crippen LogP contribution in [0.15, 0.2) is 27.4 Å². The van der Waals surface area contributed by atoms with Crippen molar-refractivity contribution in [1.29, 1.82) is 0 Å². The van der Waals surface area contributed by atoms with Gasteiger partial charge in [-0.1, -0.05) is 0 Å². The largest absolute Gasteiger partial charge is 0.496 e. The highest BCUT2D eigenvalue weighted by atomic mass is 32.2. The zero-order valence-electron chi connectivity index (χ0n) is 29.0. The van der Waals surface area contributed by atoms with Gasteiger partial charge in [0.05, 0.1) is 48.4 Å². The molecule has 1 N–H and O–H groups in total. The molecule has 0 spiro atoms. The van der Waals surface area contributed by atoms with Crippen molar-refractivity contribution in [2.45, 2.75) is 63.7 Å². The van der Waals surface area contributed by atoms with Gasteiger partial charge in [-0.2, -0.15) is 12.7 Å². The third kappa shape index (κ3) is 6.15. The van der Waals surface area contributed by atoms with Crippen LogP contribution in [0.5, 0.6) is 5.75 Å². The number of nitrogens with zero attached hydrogens (tertiary/aromatic N) is 4. The number of benzene rings is 2. The van der Waals surface area contributed by atoms with Crippen LogP contribution in [0.4, 0.5) is 14.5 Å². The van der Waals surface area contributed by atoms with Gasteiger partial charge in [-0.25, -0.2) is 18.3 Å². The van der Waals surface area contributed by atoms with Crippen LogP contribution in [-0.4, -0.2) is 107 Å². The molecule has 3 fully saturated rings. The molecular formula is C35H41F2N5O8S. The molecule has 7 rings (SSSR count). The summed E-state index contributed by atoms with van der Waals surface area (Å²) in [6, 6.07) is 3.02. The van der Waals surface area contributed by atoms with Crippen LogP contribution in [0.3, 0.4) is 0 Å². The second kappa shape index (κ2) is 13.5. The number of carbonyl (C=O) groups excluding carboxylic acids is 2. The third-order valence-corrected chi connectivity index (χ3v) is 12.6. The van der Waals surface area contributed by atoms with Crippen LogP contribution >= 0.6 is 0 Å². The minimum Gasteiger partial charge on any atom is -0.496 e. The Labute approximate surface area is 294 Å². The fraction of sp³-hybridized carbons (Fsp3) is 0.514. The van der Waals surface area contributed by atoms with E-state index in [2.05, 4.69) is 9.80 Å². The molecule has 274 valence electrons. The summed E-state index contributed by atoms with van der Waals surface area (Å²) in [4.78, 5) is 45.7. The molecule has 1 atom stereocenters. The molecule has 4 aliphatic rings. The molecule has 0 saturated carbocycles. The van der Waals surface area contributed by atoms with E-state index in [4.69, 9.17) is 13.9 Å². The lowest BCUT2D eigenvalue weighted by Gasteiger charge is -2.41. The normalized spacial score (nSPS) is 22.4. The SMILES string of the molecule is COC[C@H]1CN(c2cc(F)c3c4c(c(=O)oc3c2C)CN(C(=O)c2cc(OC)c(C(=O)NS(=O)(=O)N3C5CCC3CC5)cc2F)CC4)CCN1C. The minimum atomic E-state index is -4.19. The van der Waals surface area contributed by atoms with Gasteiger partial charge >= 0.3 is 15.8 Å². The number of fused-ring (bicyclic) bond motifs is 5. The van der Waals surface area contributed by atoms with E-state index in [9.17, 15) is 22.8 Å². The molecule has 2 aromatic carbocycles. The van der Waals surface area contributed by atoms with E-state index in [1.807, 2.05) is 11.8 Å². The molecule has 0 radical (unpaired) electrons. The summed E-state index contributed by atoms with van der Waals surface area (Å²) in [6.07, 6.45) is 2.98. The fourth-order valence-corrected chi connectivity index (χ4v) is 9.91. The van der Waals surface area contributed by atoms with Crippen LogP contribution in [0, 0.1) is 18.6 Å². The molecule has 2 amide bonds. The molecule has 4 aliphatic heterocycles. The summed E-state index contributed by atoms with van der Waals surface area (Å²) in [5.41, 5.74) is 0.388. The lowest BCUT2D eigenvalue weighted by Crippen LogP contribution is -2.53. The smallest absolute Gasteiger partial charge is 0.341 e. The Bertz CT molecular complexity index is 2070. The van der Waals surface area contributed by atoms with Crippen LogP contribution < -0.4 is 20.0 Å². The van der Waals surface area contributed by atoms with Crippen LogP contribution in [0.25, 0.3) is 11.0 Å². The Morgan fingerprint density at radius 3 is 2.35 bits per heavy atom. The summed E-state index contributed by atoms with van der Waals surface area (Å²) in [5, 5.41) is 0.181. The van der Waals surface area contributed by atoms with E-state index in [1.165, 1.54) is 22.4 Å². The zero-order valence-corrected chi connectivity index (χ0v) is 29.8. The van der Waals surface area contributed by atoms with Gasteiger partial charge in [0.25, 0.3) is 11.8 Å². The molecule has 0 aliphatic carbocycles. The summed E-state index contributed by atoms with van der Waals surface area (Å²) < 4.78 is 77.4. The number of anilines is 1. The maximum atomic E-state index is 16.0. The fourth-order valence-electron chi connectivity index (χ4n) is 8.26. The van der Waals surface area contributed by atoms with Gasteiger partial charge in [0.1, 0.15) is 23.0 Å². The molecule has 2 bridgehead atoms. The molecule has 0 unspecified atom stereocenters. The van der Waals surface area contributed by atoms with E-state index in [0.29, 0.717) is 36.5 Å². The zero-order chi connectivity index (χ0) is 36.4. The second-order valence-corrected chi connectivity index (χ2v) is 15.4. The summed E-state index contributed by atoms with van der Waals surface area (Å²) >= 11 is 0. The van der Waals surface area contributed by atoms with Crippen LogP contribution in [0.2, 0.25) is 0 Å². The molecule has 16 heteroatoms. The predicted molar refractivity (Wildman–Crippen MR) is 183 cm³/mol. The minimum absolute atomic E-state index is 0.0438. The van der Waals surface area contributed by atoms with Gasteiger partial charge in [0, 0.05) is 56.6 Å². The Hall–Kier alpha value is -4.12.